The lowest BCUT2D eigenvalue weighted by molar-refractivity contribution is -0.170. The van der Waals surface area contributed by atoms with Gasteiger partial charge < -0.3 is 9.88 Å². The number of amidine groups is 1. The Morgan fingerprint density at radius 1 is 1.46 bits per heavy atom. The molecule has 2 fully saturated rings. The molecule has 1 aromatic heterocycles. The number of piperidine rings is 1. The summed E-state index contributed by atoms with van der Waals surface area (Å²) in [6.45, 7) is 6.93. The number of aromatic nitrogens is 1. The second-order valence-electron chi connectivity index (χ2n) is 6.96. The molecule has 1 aromatic rings. The van der Waals surface area contributed by atoms with Crippen molar-refractivity contribution < 1.29 is 8.78 Å². The molecule has 0 aromatic carbocycles. The number of rotatable bonds is 3. The monoisotopic (exact) mass is 336 g/mol. The summed E-state index contributed by atoms with van der Waals surface area (Å²) >= 11 is 0. The predicted octanol–water partition coefficient (Wildman–Crippen LogP) is 3.46. The molecule has 4 nitrogen and oxygen atoms in total. The summed E-state index contributed by atoms with van der Waals surface area (Å²) in [4.78, 5) is 9.86. The Balaban J connectivity index is 1.93. The molecule has 0 aliphatic carbocycles. The van der Waals surface area contributed by atoms with Gasteiger partial charge in [-0.25, -0.2) is 13.8 Å². The van der Waals surface area contributed by atoms with Crippen LogP contribution in [0.4, 0.5) is 8.78 Å². The number of nitrogens with zero attached hydrogens (tertiary/aromatic N) is 2. The van der Waals surface area contributed by atoms with E-state index >= 15 is 0 Å². The maximum absolute atomic E-state index is 14.2. The van der Waals surface area contributed by atoms with Crippen molar-refractivity contribution in [2.75, 3.05) is 19.6 Å². The van der Waals surface area contributed by atoms with Crippen LogP contribution in [-0.4, -0.2) is 46.8 Å². The number of nitrogens with one attached hydrogen (secondary N) is 2. The van der Waals surface area contributed by atoms with Crippen molar-refractivity contribution in [3.63, 3.8) is 0 Å². The number of aliphatic imine (C=N–C) groups is 1. The van der Waals surface area contributed by atoms with Gasteiger partial charge in [-0.05, 0) is 39.2 Å². The topological polar surface area (TPSA) is 43.4 Å². The molecule has 132 valence electrons. The van der Waals surface area contributed by atoms with Crippen LogP contribution in [0.15, 0.2) is 29.0 Å². The van der Waals surface area contributed by atoms with Gasteiger partial charge >= 0.3 is 0 Å². The first-order valence-corrected chi connectivity index (χ1v) is 8.64. The van der Waals surface area contributed by atoms with E-state index in [1.165, 1.54) is 5.57 Å². The maximum Gasteiger partial charge on any atom is 0.279 e. The minimum absolute atomic E-state index is 0.217. The van der Waals surface area contributed by atoms with Crippen LogP contribution in [0, 0.1) is 6.92 Å². The van der Waals surface area contributed by atoms with Gasteiger partial charge in [-0.3, -0.25) is 5.32 Å². The van der Waals surface area contributed by atoms with E-state index in [0.717, 1.165) is 36.5 Å². The molecule has 0 saturated carbocycles. The molecule has 0 radical (unpaired) electrons. The van der Waals surface area contributed by atoms with Crippen molar-refractivity contribution in [1.82, 2.24) is 15.2 Å². The van der Waals surface area contributed by atoms with Crippen LogP contribution in [0.5, 0.6) is 0 Å². The average Bonchev–Trinajstić information content (AvgIpc) is 3.00. The maximum atomic E-state index is 14.2. The third kappa shape index (κ3) is 2.88. The van der Waals surface area contributed by atoms with Gasteiger partial charge in [-0.2, -0.15) is 0 Å². The SMILES string of the molecule is CC/C(C)=C/N=C(c1cc[nH]c1C)N1CCCC2(C1)NCC2(F)F. The minimum Gasteiger partial charge on any atom is -0.365 e. The summed E-state index contributed by atoms with van der Waals surface area (Å²) in [6, 6.07) is 1.97. The average molecular weight is 336 g/mol. The number of likely N-dealkylation sites (tertiary alicyclic amines) is 1. The number of hydrogen-bond acceptors (Lipinski definition) is 2. The number of alkyl halides is 2. The molecule has 1 spiro atoms. The normalized spacial score (nSPS) is 27.5. The highest BCUT2D eigenvalue weighted by atomic mass is 19.3. The Morgan fingerprint density at radius 2 is 2.25 bits per heavy atom. The second kappa shape index (κ2) is 6.31. The number of halogens is 2. The summed E-state index contributed by atoms with van der Waals surface area (Å²) in [5.74, 6) is -1.86. The molecular weight excluding hydrogens is 310 g/mol. The highest BCUT2D eigenvalue weighted by Crippen LogP contribution is 2.42. The fraction of sp³-hybridized carbons (Fsp3) is 0.611. The van der Waals surface area contributed by atoms with Crippen LogP contribution >= 0.6 is 0 Å². The third-order valence-corrected chi connectivity index (χ3v) is 5.30. The first kappa shape index (κ1) is 17.1. The van der Waals surface area contributed by atoms with Crippen LogP contribution in [0.25, 0.3) is 0 Å². The molecule has 2 N–H and O–H groups in total. The number of allylic oxidation sites excluding steroid dienone is 1. The Hall–Kier alpha value is -1.69. The lowest BCUT2D eigenvalue weighted by Crippen LogP contribution is -2.78. The van der Waals surface area contributed by atoms with E-state index < -0.39 is 11.5 Å². The number of aromatic amines is 1. The Morgan fingerprint density at radius 3 is 2.79 bits per heavy atom. The molecule has 3 heterocycles. The fourth-order valence-corrected chi connectivity index (χ4v) is 3.43. The van der Waals surface area contributed by atoms with Gasteiger partial charge in [0.05, 0.1) is 6.54 Å². The largest absolute Gasteiger partial charge is 0.365 e. The molecule has 2 aliphatic heterocycles. The van der Waals surface area contributed by atoms with Gasteiger partial charge in [-0.1, -0.05) is 12.5 Å². The molecule has 0 bridgehead atoms. The van der Waals surface area contributed by atoms with Crippen molar-refractivity contribution in [2.24, 2.45) is 4.99 Å². The quantitative estimate of drug-likeness (QED) is 0.656. The second-order valence-corrected chi connectivity index (χ2v) is 6.96. The van der Waals surface area contributed by atoms with E-state index in [1.54, 1.807) is 0 Å². The lowest BCUT2D eigenvalue weighted by Gasteiger charge is -2.55. The summed E-state index contributed by atoms with van der Waals surface area (Å²) < 4.78 is 28.3. The minimum atomic E-state index is -2.64. The van der Waals surface area contributed by atoms with Crippen molar-refractivity contribution in [3.05, 3.63) is 35.3 Å². The number of hydrogen-bond donors (Lipinski definition) is 2. The van der Waals surface area contributed by atoms with Crippen LogP contribution in [0.3, 0.4) is 0 Å². The van der Waals surface area contributed by atoms with E-state index in [0.29, 0.717) is 13.0 Å². The van der Waals surface area contributed by atoms with Gasteiger partial charge in [0.15, 0.2) is 0 Å². The number of H-pyrrole nitrogens is 1. The summed E-state index contributed by atoms with van der Waals surface area (Å²) in [6.07, 6.45) is 5.90. The lowest BCUT2D eigenvalue weighted by atomic mass is 9.76. The standard InChI is InChI=1S/C18H26F2N4/c1-4-13(2)10-22-16(15-6-8-21-14(15)3)24-9-5-7-17(12-24)18(19,20)11-23-17/h6,8,10,21,23H,4-5,7,9,11-12H2,1-3H3/b13-10+,22-16?. The van der Waals surface area contributed by atoms with Crippen LogP contribution in [-0.2, 0) is 0 Å². The van der Waals surface area contributed by atoms with E-state index in [-0.39, 0.29) is 6.54 Å². The highest BCUT2D eigenvalue weighted by Gasteiger charge is 2.62. The molecule has 3 rings (SSSR count). The number of aryl methyl sites for hydroxylation is 1. The highest BCUT2D eigenvalue weighted by molar-refractivity contribution is 6.00. The zero-order valence-electron chi connectivity index (χ0n) is 14.6. The third-order valence-electron chi connectivity index (χ3n) is 5.30. The van der Waals surface area contributed by atoms with Gasteiger partial charge in [-0.15, -0.1) is 0 Å². The van der Waals surface area contributed by atoms with E-state index in [9.17, 15) is 8.78 Å². The Labute approximate surface area is 142 Å². The molecule has 24 heavy (non-hydrogen) atoms. The van der Waals surface area contributed by atoms with Gasteiger partial charge in [0.25, 0.3) is 5.92 Å². The summed E-state index contributed by atoms with van der Waals surface area (Å²) in [5, 5.41) is 3.00. The van der Waals surface area contributed by atoms with Crippen LogP contribution in [0.2, 0.25) is 0 Å². The Kier molecular flexibility index (Phi) is 4.51. The van der Waals surface area contributed by atoms with Crippen molar-refractivity contribution in [3.8, 4) is 0 Å². The molecule has 0 amide bonds. The fourth-order valence-electron chi connectivity index (χ4n) is 3.43. The van der Waals surface area contributed by atoms with E-state index in [1.807, 2.05) is 37.2 Å². The predicted molar refractivity (Wildman–Crippen MR) is 92.6 cm³/mol. The first-order valence-electron chi connectivity index (χ1n) is 8.64. The van der Waals surface area contributed by atoms with Crippen molar-refractivity contribution in [1.29, 1.82) is 0 Å². The Bertz CT molecular complexity index is 662. The molecule has 2 saturated heterocycles. The zero-order chi connectivity index (χ0) is 17.4. The molecule has 1 unspecified atom stereocenters. The van der Waals surface area contributed by atoms with Crippen molar-refractivity contribution in [2.45, 2.75) is 51.5 Å². The summed E-state index contributed by atoms with van der Waals surface area (Å²) in [5.41, 5.74) is 2.05. The van der Waals surface area contributed by atoms with Gasteiger partial charge in [0.1, 0.15) is 11.4 Å². The van der Waals surface area contributed by atoms with Gasteiger partial charge in [0, 0.05) is 36.7 Å². The van der Waals surface area contributed by atoms with Crippen LogP contribution < -0.4 is 5.32 Å². The molecule has 6 heteroatoms. The zero-order valence-corrected chi connectivity index (χ0v) is 14.6. The molecule has 1 atom stereocenters. The molecular formula is C18H26F2N4. The molecule has 2 aliphatic rings. The van der Waals surface area contributed by atoms with Crippen molar-refractivity contribution >= 4 is 5.84 Å². The summed E-state index contributed by atoms with van der Waals surface area (Å²) in [7, 11) is 0. The van der Waals surface area contributed by atoms with E-state index in [2.05, 4.69) is 22.2 Å². The van der Waals surface area contributed by atoms with Crippen LogP contribution in [0.1, 0.15) is 44.4 Å². The smallest absolute Gasteiger partial charge is 0.279 e. The van der Waals surface area contributed by atoms with Gasteiger partial charge in [0.2, 0.25) is 0 Å². The first-order chi connectivity index (χ1) is 11.4. The van der Waals surface area contributed by atoms with E-state index in [4.69, 9.17) is 0 Å².